The standard InChI is InChI=1S/C42H31N3O12S/c1-5-36(46)53-31-17-14-26(22-33(31)55-38(48)7-3)40(50)52-20-19-25-13-16-30(28(21-25)24-43-45-42-44-29-11-9-10-12-35(29)58-42)57-41(51)27-15-18-32(54-37(47)6-2)34(23-27)56-39(49)8-4/h5-18,21-24H,1-4,19-20H2,(H,44,45)/b43-24+. The summed E-state index contributed by atoms with van der Waals surface area (Å²) in [5.74, 6) is -5.68. The second-order valence-electron chi connectivity index (χ2n) is 11.3. The van der Waals surface area contributed by atoms with Gasteiger partial charge in [-0.3, -0.25) is 5.43 Å². The number of thiazole rings is 1. The molecule has 0 radical (unpaired) electrons. The Kier molecular flexibility index (Phi) is 13.9. The highest BCUT2D eigenvalue weighted by molar-refractivity contribution is 7.22. The number of hydrogen-bond donors (Lipinski definition) is 1. The molecule has 0 aliphatic heterocycles. The zero-order valence-electron chi connectivity index (χ0n) is 30.3. The molecule has 5 aromatic rings. The van der Waals surface area contributed by atoms with Crippen LogP contribution >= 0.6 is 11.3 Å². The van der Waals surface area contributed by atoms with E-state index in [4.69, 9.17) is 28.4 Å². The summed E-state index contributed by atoms with van der Waals surface area (Å²) >= 11 is 1.38. The van der Waals surface area contributed by atoms with Gasteiger partial charge in [0, 0.05) is 36.3 Å². The van der Waals surface area contributed by atoms with Crippen molar-refractivity contribution in [1.82, 2.24) is 4.98 Å². The zero-order chi connectivity index (χ0) is 41.6. The number of anilines is 1. The molecule has 0 spiro atoms. The Morgan fingerprint density at radius 2 is 1.16 bits per heavy atom. The molecule has 15 nitrogen and oxygen atoms in total. The largest absolute Gasteiger partial charge is 0.462 e. The van der Waals surface area contributed by atoms with Gasteiger partial charge in [-0.1, -0.05) is 55.9 Å². The lowest BCUT2D eigenvalue weighted by molar-refractivity contribution is -0.131. The summed E-state index contributed by atoms with van der Waals surface area (Å²) in [5, 5.41) is 4.81. The van der Waals surface area contributed by atoms with Crippen LogP contribution in [-0.2, 0) is 30.3 Å². The van der Waals surface area contributed by atoms with E-state index in [1.54, 1.807) is 12.1 Å². The van der Waals surface area contributed by atoms with E-state index in [-0.39, 0.29) is 52.9 Å². The fraction of sp³-hybridized carbons (Fsp3) is 0.0476. The number of para-hydroxylation sites is 1. The van der Waals surface area contributed by atoms with Gasteiger partial charge in [-0.05, 0) is 66.2 Å². The average molecular weight is 802 g/mol. The average Bonchev–Trinajstić information content (AvgIpc) is 3.65. The third kappa shape index (κ3) is 11.0. The SMILES string of the molecule is C=CC(=O)Oc1ccc(C(=O)OCCc2ccc(OC(=O)c3ccc(OC(=O)C=C)c(OC(=O)C=C)c3)c(/C=N/Nc3nc4ccccc4s3)c2)cc1OC(=O)C=C. The van der Waals surface area contributed by atoms with Crippen molar-refractivity contribution < 1.29 is 57.2 Å². The molecule has 0 bridgehead atoms. The van der Waals surface area contributed by atoms with E-state index in [1.165, 1.54) is 53.9 Å². The Morgan fingerprint density at radius 3 is 1.72 bits per heavy atom. The van der Waals surface area contributed by atoms with Gasteiger partial charge in [0.1, 0.15) is 5.75 Å². The molecule has 0 aliphatic carbocycles. The summed E-state index contributed by atoms with van der Waals surface area (Å²) in [4.78, 5) is 78.3. The molecule has 5 rings (SSSR count). The fourth-order valence-corrected chi connectivity index (χ4v) is 5.54. The smallest absolute Gasteiger partial charge is 0.343 e. The second-order valence-corrected chi connectivity index (χ2v) is 12.4. The van der Waals surface area contributed by atoms with Crippen molar-refractivity contribution in [3.05, 3.63) is 152 Å². The van der Waals surface area contributed by atoms with E-state index in [0.717, 1.165) is 40.6 Å². The van der Waals surface area contributed by atoms with Crippen molar-refractivity contribution in [3.8, 4) is 28.7 Å². The molecule has 4 aromatic carbocycles. The lowest BCUT2D eigenvalue weighted by Gasteiger charge is -2.13. The van der Waals surface area contributed by atoms with Crippen molar-refractivity contribution >= 4 is 68.7 Å². The van der Waals surface area contributed by atoms with Gasteiger partial charge in [-0.2, -0.15) is 5.10 Å². The van der Waals surface area contributed by atoms with E-state index in [2.05, 4.69) is 41.8 Å². The minimum atomic E-state index is -0.870. The summed E-state index contributed by atoms with van der Waals surface area (Å²) in [5.41, 5.74) is 4.57. The van der Waals surface area contributed by atoms with Crippen molar-refractivity contribution in [2.75, 3.05) is 12.0 Å². The molecule has 0 unspecified atom stereocenters. The maximum atomic E-state index is 13.4. The third-order valence-corrected chi connectivity index (χ3v) is 8.37. The number of ether oxygens (including phenoxy) is 6. The van der Waals surface area contributed by atoms with Gasteiger partial charge < -0.3 is 28.4 Å². The number of esters is 6. The number of nitrogens with zero attached hydrogens (tertiary/aromatic N) is 2. The Bertz CT molecular complexity index is 2470. The third-order valence-electron chi connectivity index (χ3n) is 7.43. The van der Waals surface area contributed by atoms with Crippen LogP contribution < -0.4 is 29.1 Å². The maximum Gasteiger partial charge on any atom is 0.343 e. The predicted octanol–water partition coefficient (Wildman–Crippen LogP) is 6.73. The van der Waals surface area contributed by atoms with Crippen LogP contribution in [0, 0.1) is 0 Å². The Labute approximate surface area is 334 Å². The van der Waals surface area contributed by atoms with Gasteiger partial charge in [0.25, 0.3) is 0 Å². The van der Waals surface area contributed by atoms with Crippen LogP contribution in [0.2, 0.25) is 0 Å². The first-order chi connectivity index (χ1) is 28.0. The summed E-state index contributed by atoms with van der Waals surface area (Å²) in [7, 11) is 0. The molecule has 292 valence electrons. The van der Waals surface area contributed by atoms with Crippen LogP contribution in [0.25, 0.3) is 10.2 Å². The number of hydrazone groups is 1. The van der Waals surface area contributed by atoms with E-state index in [9.17, 15) is 28.8 Å². The van der Waals surface area contributed by atoms with Crippen LogP contribution in [0.4, 0.5) is 5.13 Å². The lowest BCUT2D eigenvalue weighted by atomic mass is 10.1. The fourth-order valence-electron chi connectivity index (χ4n) is 4.73. The summed E-state index contributed by atoms with van der Waals surface area (Å²) in [6, 6.07) is 19.8. The van der Waals surface area contributed by atoms with Crippen molar-refractivity contribution in [1.29, 1.82) is 0 Å². The van der Waals surface area contributed by atoms with E-state index in [0.29, 0.717) is 16.3 Å². The van der Waals surface area contributed by atoms with Crippen molar-refractivity contribution in [3.63, 3.8) is 0 Å². The summed E-state index contributed by atoms with van der Waals surface area (Å²) < 4.78 is 32.7. The molecule has 0 aliphatic rings. The van der Waals surface area contributed by atoms with Gasteiger partial charge in [0.15, 0.2) is 23.0 Å². The highest BCUT2D eigenvalue weighted by Crippen LogP contribution is 2.32. The first-order valence-electron chi connectivity index (χ1n) is 16.8. The minimum absolute atomic E-state index is 0.00409. The van der Waals surface area contributed by atoms with Crippen LogP contribution in [-0.4, -0.2) is 53.6 Å². The Morgan fingerprint density at radius 1 is 0.621 bits per heavy atom. The van der Waals surface area contributed by atoms with Gasteiger partial charge in [0.2, 0.25) is 5.13 Å². The van der Waals surface area contributed by atoms with Gasteiger partial charge in [-0.15, -0.1) is 0 Å². The Balaban J connectivity index is 1.36. The molecule has 0 amide bonds. The molecule has 0 fully saturated rings. The van der Waals surface area contributed by atoms with E-state index >= 15 is 0 Å². The van der Waals surface area contributed by atoms with Gasteiger partial charge in [-0.25, -0.2) is 33.8 Å². The van der Waals surface area contributed by atoms with Crippen LogP contribution in [0.5, 0.6) is 28.7 Å². The summed E-state index contributed by atoms with van der Waals surface area (Å²) in [6.45, 7) is 13.2. The number of aromatic nitrogens is 1. The lowest BCUT2D eigenvalue weighted by Crippen LogP contribution is -2.13. The van der Waals surface area contributed by atoms with E-state index < -0.39 is 35.8 Å². The van der Waals surface area contributed by atoms with Gasteiger partial charge >= 0.3 is 35.8 Å². The van der Waals surface area contributed by atoms with Crippen molar-refractivity contribution in [2.24, 2.45) is 5.10 Å². The van der Waals surface area contributed by atoms with Gasteiger partial charge in [0.05, 0.1) is 34.2 Å². The highest BCUT2D eigenvalue weighted by atomic mass is 32.1. The molecular formula is C42H31N3O12S. The molecule has 16 heteroatoms. The molecule has 0 saturated heterocycles. The number of nitrogens with one attached hydrogen (secondary N) is 1. The monoisotopic (exact) mass is 801 g/mol. The summed E-state index contributed by atoms with van der Waals surface area (Å²) in [6.07, 6.45) is 5.22. The van der Waals surface area contributed by atoms with E-state index in [1.807, 2.05) is 24.3 Å². The normalized spacial score (nSPS) is 10.5. The number of carbonyl (C=O) groups is 6. The molecular weight excluding hydrogens is 771 g/mol. The second kappa shape index (κ2) is 19.6. The minimum Gasteiger partial charge on any atom is -0.462 e. The number of benzene rings is 4. The van der Waals surface area contributed by atoms with Crippen molar-refractivity contribution in [2.45, 2.75) is 6.42 Å². The highest BCUT2D eigenvalue weighted by Gasteiger charge is 2.20. The topological polar surface area (TPSA) is 195 Å². The van der Waals surface area contributed by atoms with Crippen LogP contribution in [0.15, 0.2) is 135 Å². The van der Waals surface area contributed by atoms with Crippen LogP contribution in [0.1, 0.15) is 31.8 Å². The predicted molar refractivity (Wildman–Crippen MR) is 212 cm³/mol. The molecule has 1 heterocycles. The first-order valence-corrected chi connectivity index (χ1v) is 17.6. The number of fused-ring (bicyclic) bond motifs is 1. The zero-order valence-corrected chi connectivity index (χ0v) is 31.2. The molecule has 1 aromatic heterocycles. The number of rotatable bonds is 17. The first kappa shape index (κ1) is 41.2. The Hall–Kier alpha value is -7.98. The molecule has 0 saturated carbocycles. The molecule has 0 atom stereocenters. The number of hydrogen-bond acceptors (Lipinski definition) is 16. The number of carbonyl (C=O) groups excluding carboxylic acids is 6. The quantitative estimate of drug-likeness (QED) is 0.0342. The maximum absolute atomic E-state index is 13.4. The molecule has 1 N–H and O–H groups in total. The molecule has 58 heavy (non-hydrogen) atoms. The van der Waals surface area contributed by atoms with Crippen LogP contribution in [0.3, 0.4) is 0 Å².